The highest BCUT2D eigenvalue weighted by Crippen LogP contribution is 2.28. The van der Waals surface area contributed by atoms with Crippen molar-refractivity contribution in [1.29, 1.82) is 0 Å². The van der Waals surface area contributed by atoms with Gasteiger partial charge in [0, 0.05) is 29.6 Å². The van der Waals surface area contributed by atoms with E-state index in [0.717, 1.165) is 39.4 Å². The summed E-state index contributed by atoms with van der Waals surface area (Å²) in [6.45, 7) is 7.51. The Bertz CT molecular complexity index is 1780. The van der Waals surface area contributed by atoms with Crippen LogP contribution in [0, 0.1) is 20.8 Å². The van der Waals surface area contributed by atoms with Crippen LogP contribution < -0.4 is 9.62 Å². The molecule has 0 saturated carbocycles. The summed E-state index contributed by atoms with van der Waals surface area (Å²) in [5.74, 6) is -0.891. The lowest BCUT2D eigenvalue weighted by atomic mass is 10.0. The van der Waals surface area contributed by atoms with Gasteiger partial charge in [-0.15, -0.1) is 0 Å². The van der Waals surface area contributed by atoms with E-state index in [0.29, 0.717) is 27.8 Å². The van der Waals surface area contributed by atoms with Crippen LogP contribution in [-0.4, -0.2) is 44.3 Å². The van der Waals surface area contributed by atoms with Crippen LogP contribution in [0.2, 0.25) is 10.0 Å². The smallest absolute Gasteiger partial charge is 0.264 e. The summed E-state index contributed by atoms with van der Waals surface area (Å²) >= 11 is 12.8. The van der Waals surface area contributed by atoms with E-state index in [9.17, 15) is 18.0 Å². The van der Waals surface area contributed by atoms with Gasteiger partial charge in [0.1, 0.15) is 12.6 Å². The Morgan fingerprint density at radius 2 is 1.49 bits per heavy atom. The van der Waals surface area contributed by atoms with Crippen molar-refractivity contribution in [2.24, 2.45) is 0 Å². The minimum Gasteiger partial charge on any atom is -0.354 e. The van der Waals surface area contributed by atoms with Gasteiger partial charge in [-0.05, 0) is 85.8 Å². The van der Waals surface area contributed by atoms with Gasteiger partial charge in [-0.25, -0.2) is 8.42 Å². The molecule has 0 saturated heterocycles. The molecule has 1 atom stereocenters. The third-order valence-electron chi connectivity index (χ3n) is 7.84. The van der Waals surface area contributed by atoms with Gasteiger partial charge in [-0.2, -0.15) is 0 Å². The first-order valence-corrected chi connectivity index (χ1v) is 17.8. The lowest BCUT2D eigenvalue weighted by molar-refractivity contribution is -0.140. The molecule has 0 fully saturated rings. The van der Waals surface area contributed by atoms with Crippen LogP contribution >= 0.6 is 23.2 Å². The molecule has 0 unspecified atom stereocenters. The minimum absolute atomic E-state index is 0.0429. The Morgan fingerprint density at radius 1 is 0.830 bits per heavy atom. The Kier molecular flexibility index (Phi) is 12.5. The number of amides is 2. The zero-order chi connectivity index (χ0) is 34.1. The topological polar surface area (TPSA) is 86.8 Å². The van der Waals surface area contributed by atoms with E-state index in [-0.39, 0.29) is 23.8 Å². The standard InChI is InChI=1S/C37H41Cl2N3O4S/c1-5-6-18-40-37(44)35(22-29-10-8-7-9-11-29)41(24-30-14-15-31(38)23-34(30)39)36(43)25-42(32-20-27(3)19-28(4)21-32)47(45,46)33-16-12-26(2)13-17-33/h7-17,19-21,23,35H,5-6,18,22,24-25H2,1-4H3,(H,40,44)/t35-/m0/s1. The van der Waals surface area contributed by atoms with Gasteiger partial charge < -0.3 is 10.2 Å². The summed E-state index contributed by atoms with van der Waals surface area (Å²) in [5, 5.41) is 3.75. The summed E-state index contributed by atoms with van der Waals surface area (Å²) in [7, 11) is -4.20. The second-order valence-corrected chi connectivity index (χ2v) is 14.5. The number of anilines is 1. The fourth-order valence-corrected chi connectivity index (χ4v) is 7.22. The molecule has 1 N–H and O–H groups in total. The molecule has 0 aliphatic heterocycles. The summed E-state index contributed by atoms with van der Waals surface area (Å²) in [6, 6.07) is 25.4. The van der Waals surface area contributed by atoms with Crippen LogP contribution in [-0.2, 0) is 32.6 Å². The molecule has 2 amide bonds. The molecule has 0 aliphatic rings. The number of benzene rings is 4. The van der Waals surface area contributed by atoms with Crippen molar-refractivity contribution < 1.29 is 18.0 Å². The van der Waals surface area contributed by atoms with E-state index >= 15 is 0 Å². The maximum absolute atomic E-state index is 14.6. The molecular weight excluding hydrogens is 653 g/mol. The molecule has 7 nitrogen and oxygen atoms in total. The van der Waals surface area contributed by atoms with E-state index in [1.54, 1.807) is 42.5 Å². The third-order valence-corrected chi connectivity index (χ3v) is 10.2. The zero-order valence-corrected chi connectivity index (χ0v) is 29.5. The van der Waals surface area contributed by atoms with Crippen molar-refractivity contribution in [1.82, 2.24) is 10.2 Å². The first-order valence-electron chi connectivity index (χ1n) is 15.6. The van der Waals surface area contributed by atoms with Crippen LogP contribution in [0.5, 0.6) is 0 Å². The predicted octanol–water partition coefficient (Wildman–Crippen LogP) is 7.67. The molecule has 0 radical (unpaired) electrons. The highest BCUT2D eigenvalue weighted by molar-refractivity contribution is 7.92. The van der Waals surface area contributed by atoms with Gasteiger partial charge in [0.05, 0.1) is 10.6 Å². The minimum atomic E-state index is -4.20. The zero-order valence-electron chi connectivity index (χ0n) is 27.2. The maximum Gasteiger partial charge on any atom is 0.264 e. The predicted molar refractivity (Wildman–Crippen MR) is 190 cm³/mol. The van der Waals surface area contributed by atoms with Crippen LogP contribution in [0.1, 0.15) is 47.6 Å². The van der Waals surface area contributed by atoms with E-state index in [1.165, 1.54) is 17.0 Å². The number of halogens is 2. The lowest BCUT2D eigenvalue weighted by Gasteiger charge is -2.34. The van der Waals surface area contributed by atoms with Crippen molar-refractivity contribution in [3.63, 3.8) is 0 Å². The van der Waals surface area contributed by atoms with Crippen molar-refractivity contribution in [3.05, 3.63) is 129 Å². The molecule has 10 heteroatoms. The van der Waals surface area contributed by atoms with E-state index in [1.807, 2.05) is 64.1 Å². The van der Waals surface area contributed by atoms with Crippen LogP contribution in [0.3, 0.4) is 0 Å². The first kappa shape index (κ1) is 36.0. The summed E-state index contributed by atoms with van der Waals surface area (Å²) in [6.07, 6.45) is 1.87. The van der Waals surface area contributed by atoms with Crippen LogP contribution in [0.15, 0.2) is 95.9 Å². The average Bonchev–Trinajstić information content (AvgIpc) is 3.02. The van der Waals surface area contributed by atoms with Crippen molar-refractivity contribution >= 4 is 50.7 Å². The molecule has 0 heterocycles. The van der Waals surface area contributed by atoms with Crippen molar-refractivity contribution in [2.45, 2.75) is 64.4 Å². The number of sulfonamides is 1. The van der Waals surface area contributed by atoms with Crippen LogP contribution in [0.4, 0.5) is 5.69 Å². The van der Waals surface area contributed by atoms with Crippen LogP contribution in [0.25, 0.3) is 0 Å². The van der Waals surface area contributed by atoms with E-state index in [2.05, 4.69) is 5.32 Å². The molecule has 248 valence electrons. The molecule has 0 aromatic heterocycles. The van der Waals surface area contributed by atoms with Gasteiger partial charge in [0.15, 0.2) is 0 Å². The molecule has 0 spiro atoms. The Hall–Kier alpha value is -3.85. The van der Waals surface area contributed by atoms with Gasteiger partial charge in [0.2, 0.25) is 11.8 Å². The number of unbranched alkanes of at least 4 members (excludes halogenated alkanes) is 1. The quantitative estimate of drug-likeness (QED) is 0.137. The fraction of sp³-hybridized carbons (Fsp3) is 0.297. The number of hydrogen-bond donors (Lipinski definition) is 1. The number of carbonyl (C=O) groups is 2. The molecule has 4 aromatic carbocycles. The van der Waals surface area contributed by atoms with E-state index < -0.39 is 28.5 Å². The molecule has 47 heavy (non-hydrogen) atoms. The summed E-state index contributed by atoms with van der Waals surface area (Å²) < 4.78 is 29.7. The number of carbonyl (C=O) groups excluding carboxylic acids is 2. The number of aryl methyl sites for hydroxylation is 3. The lowest BCUT2D eigenvalue weighted by Crippen LogP contribution is -2.53. The van der Waals surface area contributed by atoms with Gasteiger partial charge in [-0.3, -0.25) is 13.9 Å². The number of hydrogen-bond acceptors (Lipinski definition) is 4. The SMILES string of the molecule is CCCCNC(=O)[C@H](Cc1ccccc1)N(Cc1ccc(Cl)cc1Cl)C(=O)CN(c1cc(C)cc(C)c1)S(=O)(=O)c1ccc(C)cc1. The largest absolute Gasteiger partial charge is 0.354 e. The van der Waals surface area contributed by atoms with Crippen molar-refractivity contribution in [3.8, 4) is 0 Å². The Balaban J connectivity index is 1.83. The molecule has 4 rings (SSSR count). The normalized spacial score (nSPS) is 12.0. The number of nitrogens with one attached hydrogen (secondary N) is 1. The average molecular weight is 695 g/mol. The molecule has 0 bridgehead atoms. The summed E-state index contributed by atoms with van der Waals surface area (Å²) in [4.78, 5) is 30.0. The second kappa shape index (κ2) is 16.3. The summed E-state index contributed by atoms with van der Waals surface area (Å²) in [5.41, 5.74) is 4.37. The van der Waals surface area contributed by atoms with Gasteiger partial charge in [-0.1, -0.05) is 96.7 Å². The third kappa shape index (κ3) is 9.60. The Labute approximate surface area is 288 Å². The number of rotatable bonds is 14. The Morgan fingerprint density at radius 3 is 2.11 bits per heavy atom. The van der Waals surface area contributed by atoms with E-state index in [4.69, 9.17) is 23.2 Å². The molecular formula is C37H41Cl2N3O4S. The maximum atomic E-state index is 14.6. The van der Waals surface area contributed by atoms with Gasteiger partial charge in [0.25, 0.3) is 10.0 Å². The number of nitrogens with zero attached hydrogens (tertiary/aromatic N) is 2. The second-order valence-electron chi connectivity index (χ2n) is 11.8. The molecule has 0 aliphatic carbocycles. The van der Waals surface area contributed by atoms with Gasteiger partial charge >= 0.3 is 0 Å². The fourth-order valence-electron chi connectivity index (χ4n) is 5.35. The molecule has 4 aromatic rings. The first-order chi connectivity index (χ1) is 22.4. The monoisotopic (exact) mass is 693 g/mol. The highest BCUT2D eigenvalue weighted by atomic mass is 35.5. The highest BCUT2D eigenvalue weighted by Gasteiger charge is 2.35. The van der Waals surface area contributed by atoms with Crippen molar-refractivity contribution in [2.75, 3.05) is 17.4 Å².